The highest BCUT2D eigenvalue weighted by Crippen LogP contribution is 2.35. The van der Waals surface area contributed by atoms with Crippen molar-refractivity contribution in [1.29, 1.82) is 0 Å². The zero-order valence-corrected chi connectivity index (χ0v) is 12.0. The Hall–Kier alpha value is -0.650. The number of carbonyl (C=O) groups is 1. The maximum atomic E-state index is 11.8. The van der Waals surface area contributed by atoms with Crippen LogP contribution in [0.1, 0.15) is 25.7 Å². The smallest absolute Gasteiger partial charge is 0.234 e. The summed E-state index contributed by atoms with van der Waals surface area (Å²) in [5.74, 6) is 0.123. The number of ether oxygens (including phenoxy) is 1. The third-order valence-electron chi connectivity index (χ3n) is 4.30. The molecule has 2 N–H and O–H groups in total. The lowest BCUT2D eigenvalue weighted by Gasteiger charge is -2.45. The van der Waals surface area contributed by atoms with Crippen LogP contribution in [0.3, 0.4) is 0 Å². The van der Waals surface area contributed by atoms with Crippen molar-refractivity contribution < 1.29 is 9.53 Å². The van der Waals surface area contributed by atoms with Crippen LogP contribution in [0.25, 0.3) is 0 Å². The second kappa shape index (κ2) is 7.22. The average Bonchev–Trinajstić information content (AvgIpc) is 2.40. The van der Waals surface area contributed by atoms with Gasteiger partial charge in [-0.25, -0.2) is 0 Å². The maximum absolute atomic E-state index is 11.8. The highest BCUT2D eigenvalue weighted by molar-refractivity contribution is 5.78. The third kappa shape index (κ3) is 4.44. The number of rotatable bonds is 5. The fourth-order valence-corrected chi connectivity index (χ4v) is 3.38. The number of likely N-dealkylation sites (tertiary alicyclic amines) is 1. The Morgan fingerprint density at radius 1 is 1.42 bits per heavy atom. The number of carbonyl (C=O) groups excluding carboxylic acids is 1. The molecule has 2 fully saturated rings. The predicted octanol–water partition coefficient (Wildman–Crippen LogP) is 0.215. The second-order valence-corrected chi connectivity index (χ2v) is 5.94. The summed E-state index contributed by atoms with van der Waals surface area (Å²) in [6.07, 6.45) is 5.10. The number of nitrogens with zero attached hydrogens (tertiary/aromatic N) is 1. The number of nitrogens with one attached hydrogen (secondary N) is 2. The van der Waals surface area contributed by atoms with Crippen LogP contribution < -0.4 is 10.6 Å². The van der Waals surface area contributed by atoms with E-state index in [0.717, 1.165) is 26.2 Å². The molecule has 5 nitrogen and oxygen atoms in total. The summed E-state index contributed by atoms with van der Waals surface area (Å²) in [4.78, 5) is 14.2. The zero-order valence-electron chi connectivity index (χ0n) is 12.0. The van der Waals surface area contributed by atoms with Crippen LogP contribution in [-0.2, 0) is 9.53 Å². The fourth-order valence-electron chi connectivity index (χ4n) is 3.38. The van der Waals surface area contributed by atoms with E-state index in [-0.39, 0.29) is 5.91 Å². The zero-order chi connectivity index (χ0) is 13.6. The molecule has 0 bridgehead atoms. The first kappa shape index (κ1) is 14.8. The van der Waals surface area contributed by atoms with E-state index in [4.69, 9.17) is 4.74 Å². The van der Waals surface area contributed by atoms with Crippen LogP contribution >= 0.6 is 0 Å². The van der Waals surface area contributed by atoms with Gasteiger partial charge in [-0.05, 0) is 44.2 Å². The van der Waals surface area contributed by atoms with Gasteiger partial charge in [0, 0.05) is 26.7 Å². The number of amides is 1. The Bertz CT molecular complexity index is 285. The Labute approximate surface area is 116 Å². The predicted molar refractivity (Wildman–Crippen MR) is 75.1 cm³/mol. The van der Waals surface area contributed by atoms with Crippen molar-refractivity contribution in [3.8, 4) is 0 Å². The van der Waals surface area contributed by atoms with Crippen LogP contribution in [0, 0.1) is 5.41 Å². The summed E-state index contributed by atoms with van der Waals surface area (Å²) in [5.41, 5.74) is 0.420. The van der Waals surface area contributed by atoms with Crippen LogP contribution in [0.4, 0.5) is 0 Å². The molecule has 5 heteroatoms. The lowest BCUT2D eigenvalue weighted by molar-refractivity contribution is -0.123. The standard InChI is InChI=1S/C14H27N3O2/c1-19-9-7-16-13(18)10-17-8-3-5-14(12-17)4-2-6-15-11-14/h15H,2-12H2,1H3,(H,16,18). The van der Waals surface area contributed by atoms with Crippen LogP contribution in [0.2, 0.25) is 0 Å². The van der Waals surface area contributed by atoms with Gasteiger partial charge in [0.15, 0.2) is 0 Å². The first-order chi connectivity index (χ1) is 9.24. The Morgan fingerprint density at radius 3 is 3.00 bits per heavy atom. The maximum Gasteiger partial charge on any atom is 0.234 e. The minimum Gasteiger partial charge on any atom is -0.383 e. The van der Waals surface area contributed by atoms with Gasteiger partial charge in [-0.2, -0.15) is 0 Å². The Morgan fingerprint density at radius 2 is 2.26 bits per heavy atom. The van der Waals surface area contributed by atoms with Crippen molar-refractivity contribution in [2.45, 2.75) is 25.7 Å². The molecule has 110 valence electrons. The molecule has 1 amide bonds. The molecule has 1 spiro atoms. The number of hydrogen-bond acceptors (Lipinski definition) is 4. The van der Waals surface area contributed by atoms with Gasteiger partial charge in [-0.1, -0.05) is 0 Å². The molecular weight excluding hydrogens is 242 g/mol. The highest BCUT2D eigenvalue weighted by Gasteiger charge is 2.36. The van der Waals surface area contributed by atoms with Gasteiger partial charge in [0.05, 0.1) is 13.2 Å². The molecule has 2 aliphatic heterocycles. The quantitative estimate of drug-likeness (QED) is 0.701. The number of methoxy groups -OCH3 is 1. The van der Waals surface area contributed by atoms with Gasteiger partial charge in [-0.15, -0.1) is 0 Å². The molecule has 19 heavy (non-hydrogen) atoms. The largest absolute Gasteiger partial charge is 0.383 e. The topological polar surface area (TPSA) is 53.6 Å². The fraction of sp³-hybridized carbons (Fsp3) is 0.929. The van der Waals surface area contributed by atoms with Crippen molar-refractivity contribution in [3.63, 3.8) is 0 Å². The molecule has 2 heterocycles. The van der Waals surface area contributed by atoms with E-state index in [1.165, 1.54) is 25.7 Å². The van der Waals surface area contributed by atoms with E-state index < -0.39 is 0 Å². The van der Waals surface area contributed by atoms with Crippen molar-refractivity contribution >= 4 is 5.91 Å². The van der Waals surface area contributed by atoms with Crippen molar-refractivity contribution in [3.05, 3.63) is 0 Å². The minimum atomic E-state index is 0.123. The molecule has 2 rings (SSSR count). The monoisotopic (exact) mass is 269 g/mol. The molecule has 1 unspecified atom stereocenters. The lowest BCUT2D eigenvalue weighted by atomic mass is 9.74. The van der Waals surface area contributed by atoms with Gasteiger partial charge in [-0.3, -0.25) is 9.69 Å². The van der Waals surface area contributed by atoms with Crippen molar-refractivity contribution in [2.75, 3.05) is 53.0 Å². The molecular formula is C14H27N3O2. The van der Waals surface area contributed by atoms with Gasteiger partial charge in [0.2, 0.25) is 5.91 Å². The van der Waals surface area contributed by atoms with Crippen molar-refractivity contribution in [1.82, 2.24) is 15.5 Å². The summed E-state index contributed by atoms with van der Waals surface area (Å²) >= 11 is 0. The first-order valence-electron chi connectivity index (χ1n) is 7.43. The molecule has 0 saturated carbocycles. The van der Waals surface area contributed by atoms with E-state index >= 15 is 0 Å². The van der Waals surface area contributed by atoms with Crippen molar-refractivity contribution in [2.24, 2.45) is 5.41 Å². The van der Waals surface area contributed by atoms with Gasteiger partial charge >= 0.3 is 0 Å². The number of piperidine rings is 2. The molecule has 2 aliphatic rings. The lowest BCUT2D eigenvalue weighted by Crippen LogP contribution is -2.52. The average molecular weight is 269 g/mol. The van der Waals surface area contributed by atoms with Gasteiger partial charge in [0.25, 0.3) is 0 Å². The molecule has 0 aliphatic carbocycles. The van der Waals surface area contributed by atoms with E-state index in [0.29, 0.717) is 25.1 Å². The summed E-state index contributed by atoms with van der Waals surface area (Å²) < 4.78 is 4.94. The Kier molecular flexibility index (Phi) is 5.60. The van der Waals surface area contributed by atoms with Gasteiger partial charge < -0.3 is 15.4 Å². The van der Waals surface area contributed by atoms with Crippen LogP contribution in [-0.4, -0.2) is 63.8 Å². The Balaban J connectivity index is 1.75. The molecule has 0 aromatic rings. The van der Waals surface area contributed by atoms with Crippen LogP contribution in [0.5, 0.6) is 0 Å². The minimum absolute atomic E-state index is 0.123. The SMILES string of the molecule is COCCNC(=O)CN1CCCC2(CCCNC2)C1. The summed E-state index contributed by atoms with van der Waals surface area (Å²) in [5, 5.41) is 6.42. The van der Waals surface area contributed by atoms with E-state index in [1.54, 1.807) is 7.11 Å². The molecule has 2 saturated heterocycles. The summed E-state index contributed by atoms with van der Waals surface area (Å²) in [6.45, 7) is 6.12. The van der Waals surface area contributed by atoms with E-state index in [1.807, 2.05) is 0 Å². The molecule has 0 aromatic heterocycles. The molecule has 1 atom stereocenters. The molecule has 0 radical (unpaired) electrons. The van der Waals surface area contributed by atoms with Crippen LogP contribution in [0.15, 0.2) is 0 Å². The first-order valence-corrected chi connectivity index (χ1v) is 7.43. The normalized spacial score (nSPS) is 28.5. The molecule has 0 aromatic carbocycles. The highest BCUT2D eigenvalue weighted by atomic mass is 16.5. The summed E-state index contributed by atoms with van der Waals surface area (Å²) in [7, 11) is 1.65. The van der Waals surface area contributed by atoms with E-state index in [9.17, 15) is 4.79 Å². The van der Waals surface area contributed by atoms with Gasteiger partial charge in [0.1, 0.15) is 0 Å². The summed E-state index contributed by atoms with van der Waals surface area (Å²) in [6, 6.07) is 0. The number of hydrogen-bond donors (Lipinski definition) is 2. The second-order valence-electron chi connectivity index (χ2n) is 5.94. The van der Waals surface area contributed by atoms with E-state index in [2.05, 4.69) is 15.5 Å². The third-order valence-corrected chi connectivity index (χ3v) is 4.30.